The molecule has 1 fully saturated rings. The Morgan fingerprint density at radius 2 is 2.43 bits per heavy atom. The standard InChI is InChI=1S/C10H20N2O2/c1-8(11)9-3-2-5-12(7-9)6-4-10(13)14/h8-9H,2-7,11H2,1H3,(H,13,14). The molecule has 0 aromatic rings. The van der Waals surface area contributed by atoms with Gasteiger partial charge in [0.15, 0.2) is 0 Å². The Hall–Kier alpha value is -0.610. The lowest BCUT2D eigenvalue weighted by Gasteiger charge is -2.34. The van der Waals surface area contributed by atoms with Crippen LogP contribution in [0.25, 0.3) is 0 Å². The van der Waals surface area contributed by atoms with Crippen molar-refractivity contribution in [3.05, 3.63) is 0 Å². The van der Waals surface area contributed by atoms with Gasteiger partial charge in [0, 0.05) is 19.1 Å². The number of likely N-dealkylation sites (tertiary alicyclic amines) is 1. The Labute approximate surface area is 85.1 Å². The monoisotopic (exact) mass is 200 g/mol. The van der Waals surface area contributed by atoms with E-state index in [4.69, 9.17) is 10.8 Å². The summed E-state index contributed by atoms with van der Waals surface area (Å²) in [6.45, 7) is 4.69. The van der Waals surface area contributed by atoms with E-state index in [0.717, 1.165) is 19.5 Å². The zero-order chi connectivity index (χ0) is 10.6. The van der Waals surface area contributed by atoms with Crippen LogP contribution in [0.5, 0.6) is 0 Å². The molecule has 1 rings (SSSR count). The molecule has 4 nitrogen and oxygen atoms in total. The average molecular weight is 200 g/mol. The van der Waals surface area contributed by atoms with E-state index < -0.39 is 5.97 Å². The summed E-state index contributed by atoms with van der Waals surface area (Å²) in [5.74, 6) is -0.175. The Morgan fingerprint density at radius 3 is 3.00 bits per heavy atom. The molecular weight excluding hydrogens is 180 g/mol. The first kappa shape index (κ1) is 11.5. The molecule has 0 radical (unpaired) electrons. The number of aliphatic carboxylic acids is 1. The fraction of sp³-hybridized carbons (Fsp3) is 0.900. The predicted molar refractivity (Wildman–Crippen MR) is 55.1 cm³/mol. The second-order valence-electron chi connectivity index (χ2n) is 4.21. The van der Waals surface area contributed by atoms with Gasteiger partial charge < -0.3 is 15.7 Å². The van der Waals surface area contributed by atoms with Crippen molar-refractivity contribution in [1.29, 1.82) is 0 Å². The highest BCUT2D eigenvalue weighted by Gasteiger charge is 2.22. The van der Waals surface area contributed by atoms with E-state index in [0.29, 0.717) is 12.5 Å². The molecule has 1 heterocycles. The van der Waals surface area contributed by atoms with Gasteiger partial charge in [-0.2, -0.15) is 0 Å². The van der Waals surface area contributed by atoms with Crippen LogP contribution in [0.15, 0.2) is 0 Å². The van der Waals surface area contributed by atoms with Crippen molar-refractivity contribution >= 4 is 5.97 Å². The van der Waals surface area contributed by atoms with Crippen molar-refractivity contribution in [2.24, 2.45) is 11.7 Å². The number of nitrogens with two attached hydrogens (primary N) is 1. The van der Waals surface area contributed by atoms with Gasteiger partial charge >= 0.3 is 5.97 Å². The van der Waals surface area contributed by atoms with Gasteiger partial charge in [-0.15, -0.1) is 0 Å². The van der Waals surface area contributed by atoms with Crippen LogP contribution in [0, 0.1) is 5.92 Å². The molecule has 0 aromatic carbocycles. The Morgan fingerprint density at radius 1 is 1.71 bits per heavy atom. The maximum absolute atomic E-state index is 10.4. The van der Waals surface area contributed by atoms with Crippen molar-refractivity contribution < 1.29 is 9.90 Å². The molecule has 0 saturated carbocycles. The largest absolute Gasteiger partial charge is 0.481 e. The van der Waals surface area contributed by atoms with Crippen molar-refractivity contribution in [1.82, 2.24) is 4.90 Å². The molecular formula is C10H20N2O2. The highest BCUT2D eigenvalue weighted by molar-refractivity contribution is 5.66. The van der Waals surface area contributed by atoms with Gasteiger partial charge in [0.25, 0.3) is 0 Å². The van der Waals surface area contributed by atoms with Crippen LogP contribution in [0.2, 0.25) is 0 Å². The molecule has 1 aliphatic heterocycles. The predicted octanol–water partition coefficient (Wildman–Crippen LogP) is 0.520. The van der Waals surface area contributed by atoms with Crippen LogP contribution in [-0.4, -0.2) is 41.7 Å². The molecule has 4 heteroatoms. The smallest absolute Gasteiger partial charge is 0.304 e. The minimum Gasteiger partial charge on any atom is -0.481 e. The van der Waals surface area contributed by atoms with Crippen LogP contribution >= 0.6 is 0 Å². The molecule has 0 spiro atoms. The zero-order valence-corrected chi connectivity index (χ0v) is 8.78. The quantitative estimate of drug-likeness (QED) is 0.694. The lowest BCUT2D eigenvalue weighted by Crippen LogP contribution is -2.42. The lowest BCUT2D eigenvalue weighted by molar-refractivity contribution is -0.137. The van der Waals surface area contributed by atoms with Crippen LogP contribution in [0.1, 0.15) is 26.2 Å². The number of hydrogen-bond donors (Lipinski definition) is 2. The molecule has 14 heavy (non-hydrogen) atoms. The highest BCUT2D eigenvalue weighted by atomic mass is 16.4. The van der Waals surface area contributed by atoms with Crippen molar-refractivity contribution in [3.8, 4) is 0 Å². The molecule has 3 N–H and O–H groups in total. The molecule has 82 valence electrons. The second-order valence-corrected chi connectivity index (χ2v) is 4.21. The van der Waals surface area contributed by atoms with Crippen molar-refractivity contribution in [3.63, 3.8) is 0 Å². The van der Waals surface area contributed by atoms with Gasteiger partial charge in [-0.3, -0.25) is 4.79 Å². The van der Waals surface area contributed by atoms with Gasteiger partial charge in [0.2, 0.25) is 0 Å². The normalized spacial score (nSPS) is 26.0. The highest BCUT2D eigenvalue weighted by Crippen LogP contribution is 2.18. The Kier molecular flexibility index (Phi) is 4.35. The minimum atomic E-state index is -0.715. The van der Waals surface area contributed by atoms with Crippen LogP contribution in [0.4, 0.5) is 0 Å². The molecule has 1 saturated heterocycles. The topological polar surface area (TPSA) is 66.6 Å². The fourth-order valence-electron chi connectivity index (χ4n) is 1.98. The van der Waals surface area contributed by atoms with Crippen LogP contribution < -0.4 is 5.73 Å². The third-order valence-electron chi connectivity index (χ3n) is 2.93. The number of rotatable bonds is 4. The zero-order valence-electron chi connectivity index (χ0n) is 8.78. The van der Waals surface area contributed by atoms with Gasteiger partial charge in [-0.05, 0) is 32.2 Å². The summed E-state index contributed by atoms with van der Waals surface area (Å²) in [5.41, 5.74) is 5.84. The average Bonchev–Trinajstić information content (AvgIpc) is 2.15. The molecule has 1 aliphatic rings. The van der Waals surface area contributed by atoms with E-state index >= 15 is 0 Å². The number of carboxylic acid groups (broad SMARTS) is 1. The molecule has 2 atom stereocenters. The molecule has 0 bridgehead atoms. The first-order valence-electron chi connectivity index (χ1n) is 5.29. The number of piperidine rings is 1. The Bertz CT molecular complexity index is 195. The van der Waals surface area contributed by atoms with E-state index in [2.05, 4.69) is 4.90 Å². The maximum Gasteiger partial charge on any atom is 0.304 e. The molecule has 2 unspecified atom stereocenters. The number of carboxylic acids is 1. The van der Waals surface area contributed by atoms with Gasteiger partial charge in [0.05, 0.1) is 6.42 Å². The van der Waals surface area contributed by atoms with E-state index in [1.807, 2.05) is 6.92 Å². The Balaban J connectivity index is 2.29. The third kappa shape index (κ3) is 3.64. The van der Waals surface area contributed by atoms with Gasteiger partial charge in [0.1, 0.15) is 0 Å². The van der Waals surface area contributed by atoms with E-state index in [1.165, 1.54) is 6.42 Å². The summed E-state index contributed by atoms with van der Waals surface area (Å²) >= 11 is 0. The first-order chi connectivity index (χ1) is 6.59. The van der Waals surface area contributed by atoms with Gasteiger partial charge in [-0.1, -0.05) is 0 Å². The summed E-state index contributed by atoms with van der Waals surface area (Å²) in [4.78, 5) is 12.6. The van der Waals surface area contributed by atoms with Crippen LogP contribution in [0.3, 0.4) is 0 Å². The summed E-state index contributed by atoms with van der Waals surface area (Å²) in [6.07, 6.45) is 2.57. The number of carbonyl (C=O) groups is 1. The number of nitrogens with zero attached hydrogens (tertiary/aromatic N) is 1. The van der Waals surface area contributed by atoms with E-state index in [1.54, 1.807) is 0 Å². The summed E-state index contributed by atoms with van der Waals surface area (Å²) < 4.78 is 0. The SMILES string of the molecule is CC(N)C1CCCN(CCC(=O)O)C1. The van der Waals surface area contributed by atoms with Crippen molar-refractivity contribution in [2.75, 3.05) is 19.6 Å². The maximum atomic E-state index is 10.4. The van der Waals surface area contributed by atoms with Crippen LogP contribution in [-0.2, 0) is 4.79 Å². The van der Waals surface area contributed by atoms with E-state index in [-0.39, 0.29) is 12.5 Å². The summed E-state index contributed by atoms with van der Waals surface area (Å²) in [6, 6.07) is 0.225. The molecule has 0 aromatic heterocycles. The fourth-order valence-corrected chi connectivity index (χ4v) is 1.98. The minimum absolute atomic E-state index is 0.225. The summed E-state index contributed by atoms with van der Waals surface area (Å²) in [5, 5.41) is 8.57. The molecule has 0 amide bonds. The van der Waals surface area contributed by atoms with E-state index in [9.17, 15) is 4.79 Å². The lowest BCUT2D eigenvalue weighted by atomic mass is 9.92. The molecule has 0 aliphatic carbocycles. The summed E-state index contributed by atoms with van der Waals surface area (Å²) in [7, 11) is 0. The second kappa shape index (κ2) is 5.32. The van der Waals surface area contributed by atoms with Crippen molar-refractivity contribution in [2.45, 2.75) is 32.2 Å². The first-order valence-corrected chi connectivity index (χ1v) is 5.29. The van der Waals surface area contributed by atoms with Gasteiger partial charge in [-0.25, -0.2) is 0 Å². The third-order valence-corrected chi connectivity index (χ3v) is 2.93. The number of hydrogen-bond acceptors (Lipinski definition) is 3.